The van der Waals surface area contributed by atoms with E-state index in [0.29, 0.717) is 25.0 Å². The van der Waals surface area contributed by atoms with E-state index in [1.165, 1.54) is 0 Å². The molecule has 0 saturated heterocycles. The third-order valence-electron chi connectivity index (χ3n) is 2.78. The second-order valence-electron chi connectivity index (χ2n) is 5.23. The Morgan fingerprint density at radius 3 is 2.33 bits per heavy atom. The number of hydrogen-bond acceptors (Lipinski definition) is 7. The highest BCUT2D eigenvalue weighted by molar-refractivity contribution is 5.80. The smallest absolute Gasteiger partial charge is 0.323 e. The molecule has 4 N–H and O–H groups in total. The van der Waals surface area contributed by atoms with Gasteiger partial charge < -0.3 is 21.1 Å². The van der Waals surface area contributed by atoms with Crippen molar-refractivity contribution in [2.24, 2.45) is 11.1 Å². The summed E-state index contributed by atoms with van der Waals surface area (Å²) in [5.41, 5.74) is 4.64. The SMILES string of the molecule is CCCNc1nc(NCC(C)(C)C(N)=O)nc(OCC)n1. The number of rotatable bonds is 9. The molecule has 1 aromatic heterocycles. The molecule has 0 radical (unpaired) electrons. The normalized spacial score (nSPS) is 11.0. The van der Waals surface area contributed by atoms with E-state index >= 15 is 0 Å². The van der Waals surface area contributed by atoms with Crippen LogP contribution in [-0.4, -0.2) is 40.6 Å². The zero-order valence-corrected chi connectivity index (χ0v) is 13.1. The lowest BCUT2D eigenvalue weighted by molar-refractivity contribution is -0.125. The molecule has 0 unspecified atom stereocenters. The summed E-state index contributed by atoms with van der Waals surface area (Å²) in [7, 11) is 0. The highest BCUT2D eigenvalue weighted by Gasteiger charge is 2.25. The van der Waals surface area contributed by atoms with Crippen LogP contribution in [0.3, 0.4) is 0 Å². The predicted octanol–water partition coefficient (Wildman–Crippen LogP) is 1.02. The van der Waals surface area contributed by atoms with Gasteiger partial charge in [-0.1, -0.05) is 6.92 Å². The Morgan fingerprint density at radius 2 is 1.81 bits per heavy atom. The van der Waals surface area contributed by atoms with Gasteiger partial charge in [-0.15, -0.1) is 0 Å². The monoisotopic (exact) mass is 296 g/mol. The first-order chi connectivity index (χ1) is 9.89. The average molecular weight is 296 g/mol. The van der Waals surface area contributed by atoms with Crippen molar-refractivity contribution in [2.45, 2.75) is 34.1 Å². The molecule has 0 aliphatic rings. The first-order valence-corrected chi connectivity index (χ1v) is 7.05. The highest BCUT2D eigenvalue weighted by Crippen LogP contribution is 2.16. The van der Waals surface area contributed by atoms with E-state index in [1.54, 1.807) is 13.8 Å². The number of hydrogen-bond donors (Lipinski definition) is 3. The zero-order valence-electron chi connectivity index (χ0n) is 13.1. The van der Waals surface area contributed by atoms with Crippen LogP contribution in [0.1, 0.15) is 34.1 Å². The molecule has 1 amide bonds. The molecule has 0 spiro atoms. The van der Waals surface area contributed by atoms with Gasteiger partial charge in [0.2, 0.25) is 17.8 Å². The standard InChI is InChI=1S/C13H24N6O2/c1-5-7-15-10-17-11(19-12(18-10)21-6-2)16-8-13(3,4)9(14)20/h5-8H2,1-4H3,(H2,14,20)(H2,15,16,17,18,19). The summed E-state index contributed by atoms with van der Waals surface area (Å²) in [6, 6.07) is 0.241. The van der Waals surface area contributed by atoms with Crippen molar-refractivity contribution in [3.63, 3.8) is 0 Å². The number of amides is 1. The lowest BCUT2D eigenvalue weighted by atomic mass is 9.93. The summed E-state index contributed by atoms with van der Waals surface area (Å²) in [6.07, 6.45) is 0.952. The zero-order chi connectivity index (χ0) is 15.9. The summed E-state index contributed by atoms with van der Waals surface area (Å²) < 4.78 is 5.31. The lowest BCUT2D eigenvalue weighted by Crippen LogP contribution is -2.37. The van der Waals surface area contributed by atoms with Crippen LogP contribution in [0.2, 0.25) is 0 Å². The average Bonchev–Trinajstić information content (AvgIpc) is 2.43. The van der Waals surface area contributed by atoms with Crippen LogP contribution in [0.4, 0.5) is 11.9 Å². The van der Waals surface area contributed by atoms with E-state index in [2.05, 4.69) is 25.6 Å². The number of nitrogens with zero attached hydrogens (tertiary/aromatic N) is 3. The van der Waals surface area contributed by atoms with Gasteiger partial charge in [0.1, 0.15) is 0 Å². The molecule has 0 atom stereocenters. The van der Waals surface area contributed by atoms with Crippen LogP contribution in [0, 0.1) is 5.41 Å². The van der Waals surface area contributed by atoms with Crippen LogP contribution in [-0.2, 0) is 4.79 Å². The van der Waals surface area contributed by atoms with Gasteiger partial charge in [-0.3, -0.25) is 4.79 Å². The second kappa shape index (κ2) is 7.61. The second-order valence-corrected chi connectivity index (χ2v) is 5.23. The minimum Gasteiger partial charge on any atom is -0.464 e. The van der Waals surface area contributed by atoms with E-state index in [4.69, 9.17) is 10.5 Å². The Morgan fingerprint density at radius 1 is 1.19 bits per heavy atom. The molecular weight excluding hydrogens is 272 g/mol. The molecule has 8 heteroatoms. The topological polar surface area (TPSA) is 115 Å². The van der Waals surface area contributed by atoms with Gasteiger partial charge >= 0.3 is 6.01 Å². The van der Waals surface area contributed by atoms with Gasteiger partial charge in [0, 0.05) is 13.1 Å². The number of ether oxygens (including phenoxy) is 1. The molecule has 118 valence electrons. The van der Waals surface area contributed by atoms with Gasteiger partial charge in [-0.25, -0.2) is 0 Å². The quantitative estimate of drug-likeness (QED) is 0.623. The molecule has 8 nitrogen and oxygen atoms in total. The highest BCUT2D eigenvalue weighted by atomic mass is 16.5. The van der Waals surface area contributed by atoms with Crippen molar-refractivity contribution < 1.29 is 9.53 Å². The molecule has 0 bridgehead atoms. The third kappa shape index (κ3) is 5.41. The number of nitrogens with one attached hydrogen (secondary N) is 2. The van der Waals surface area contributed by atoms with Crippen LogP contribution in [0.25, 0.3) is 0 Å². The third-order valence-corrected chi connectivity index (χ3v) is 2.78. The van der Waals surface area contributed by atoms with E-state index in [-0.39, 0.29) is 6.01 Å². The van der Waals surface area contributed by atoms with Crippen molar-refractivity contribution in [2.75, 3.05) is 30.3 Å². The van der Waals surface area contributed by atoms with E-state index in [0.717, 1.165) is 13.0 Å². The largest absolute Gasteiger partial charge is 0.464 e. The molecule has 0 aliphatic heterocycles. The number of carbonyl (C=O) groups excluding carboxylic acids is 1. The van der Waals surface area contributed by atoms with Crippen LogP contribution in [0.15, 0.2) is 0 Å². The summed E-state index contributed by atoms with van der Waals surface area (Å²) in [6.45, 7) is 8.95. The molecule has 0 aromatic carbocycles. The Hall–Kier alpha value is -2.12. The first-order valence-electron chi connectivity index (χ1n) is 7.05. The summed E-state index contributed by atoms with van der Waals surface area (Å²) in [5, 5.41) is 6.08. The van der Waals surface area contributed by atoms with Crippen molar-refractivity contribution >= 4 is 17.8 Å². The number of carbonyl (C=O) groups is 1. The van der Waals surface area contributed by atoms with Gasteiger partial charge in [-0.05, 0) is 27.2 Å². The molecule has 1 aromatic rings. The van der Waals surface area contributed by atoms with Gasteiger partial charge in [0.25, 0.3) is 0 Å². The maximum Gasteiger partial charge on any atom is 0.323 e. The Balaban J connectivity index is 2.84. The van der Waals surface area contributed by atoms with Crippen molar-refractivity contribution in [3.8, 4) is 6.01 Å². The van der Waals surface area contributed by atoms with E-state index in [1.807, 2.05) is 13.8 Å². The van der Waals surface area contributed by atoms with Crippen molar-refractivity contribution in [1.82, 2.24) is 15.0 Å². The molecule has 1 heterocycles. The van der Waals surface area contributed by atoms with Gasteiger partial charge in [0.05, 0.1) is 12.0 Å². The molecular formula is C13H24N6O2. The Bertz CT molecular complexity index is 478. The molecule has 0 aliphatic carbocycles. The first kappa shape index (κ1) is 16.9. The minimum absolute atomic E-state index is 0.241. The van der Waals surface area contributed by atoms with E-state index in [9.17, 15) is 4.79 Å². The Kier molecular flexibility index (Phi) is 6.13. The molecule has 21 heavy (non-hydrogen) atoms. The number of aromatic nitrogens is 3. The van der Waals surface area contributed by atoms with Crippen molar-refractivity contribution in [1.29, 1.82) is 0 Å². The fourth-order valence-corrected chi connectivity index (χ4v) is 1.33. The summed E-state index contributed by atoms with van der Waals surface area (Å²) in [5.74, 6) is 0.398. The Labute approximate surface area is 124 Å². The molecule has 1 rings (SSSR count). The van der Waals surface area contributed by atoms with Crippen molar-refractivity contribution in [3.05, 3.63) is 0 Å². The lowest BCUT2D eigenvalue weighted by Gasteiger charge is -2.20. The number of anilines is 2. The van der Waals surface area contributed by atoms with E-state index < -0.39 is 11.3 Å². The maximum atomic E-state index is 11.3. The fourth-order valence-electron chi connectivity index (χ4n) is 1.33. The predicted molar refractivity (Wildman–Crippen MR) is 81.2 cm³/mol. The maximum absolute atomic E-state index is 11.3. The van der Waals surface area contributed by atoms with Crippen LogP contribution >= 0.6 is 0 Å². The number of primary amides is 1. The van der Waals surface area contributed by atoms with Gasteiger partial charge in [0.15, 0.2) is 0 Å². The summed E-state index contributed by atoms with van der Waals surface area (Å²) >= 11 is 0. The molecule has 0 fully saturated rings. The summed E-state index contributed by atoms with van der Waals surface area (Å²) in [4.78, 5) is 23.9. The fraction of sp³-hybridized carbons (Fsp3) is 0.692. The minimum atomic E-state index is -0.699. The van der Waals surface area contributed by atoms with Gasteiger partial charge in [-0.2, -0.15) is 15.0 Å². The molecule has 0 saturated carbocycles. The van der Waals surface area contributed by atoms with Crippen LogP contribution in [0.5, 0.6) is 6.01 Å². The van der Waals surface area contributed by atoms with Crippen LogP contribution < -0.4 is 21.1 Å². The number of nitrogens with two attached hydrogens (primary N) is 1.